The van der Waals surface area contributed by atoms with Crippen LogP contribution in [0.4, 0.5) is 4.39 Å². The van der Waals surface area contributed by atoms with Crippen LogP contribution in [0.25, 0.3) is 0 Å². The maximum absolute atomic E-state index is 13.4. The first-order valence-electron chi connectivity index (χ1n) is 5.15. The highest BCUT2D eigenvalue weighted by Gasteiger charge is 2.09. The van der Waals surface area contributed by atoms with Crippen molar-refractivity contribution in [1.29, 1.82) is 5.26 Å². The van der Waals surface area contributed by atoms with Crippen LogP contribution in [0.5, 0.6) is 0 Å². The first-order valence-corrected chi connectivity index (χ1v) is 5.15. The molecule has 1 aromatic rings. The Balaban J connectivity index is 2.90. The Morgan fingerprint density at radius 3 is 2.81 bits per heavy atom. The molecule has 0 fully saturated rings. The number of benzene rings is 1. The minimum absolute atomic E-state index is 0.272. The second kappa shape index (κ2) is 5.86. The van der Waals surface area contributed by atoms with Gasteiger partial charge < -0.3 is 0 Å². The lowest BCUT2D eigenvalue weighted by Gasteiger charge is -2.10. The van der Waals surface area contributed by atoms with Gasteiger partial charge in [-0.3, -0.25) is 10.3 Å². The normalized spacial score (nSPS) is 13.0. The van der Waals surface area contributed by atoms with Gasteiger partial charge in [0.1, 0.15) is 11.7 Å². The van der Waals surface area contributed by atoms with Crippen LogP contribution >= 0.6 is 0 Å². The summed E-state index contributed by atoms with van der Waals surface area (Å²) in [6.07, 6.45) is 2.43. The number of nitriles is 1. The number of nitrogens with zero attached hydrogens (tertiary/aromatic N) is 2. The average Bonchev–Trinajstić information content (AvgIpc) is 2.28. The van der Waals surface area contributed by atoms with Crippen molar-refractivity contribution in [3.05, 3.63) is 35.6 Å². The third-order valence-electron chi connectivity index (χ3n) is 2.24. The first-order chi connectivity index (χ1) is 7.69. The molecule has 4 heteroatoms. The van der Waals surface area contributed by atoms with Crippen molar-refractivity contribution in [3.8, 4) is 6.19 Å². The van der Waals surface area contributed by atoms with E-state index in [4.69, 9.17) is 5.26 Å². The number of halogens is 1. The van der Waals surface area contributed by atoms with Gasteiger partial charge in [-0.2, -0.15) is 5.26 Å². The fourth-order valence-corrected chi connectivity index (χ4v) is 1.39. The summed E-state index contributed by atoms with van der Waals surface area (Å²) in [5.74, 6) is 0.296. The van der Waals surface area contributed by atoms with Gasteiger partial charge in [0.05, 0.1) is 6.04 Å². The van der Waals surface area contributed by atoms with E-state index in [1.807, 2.05) is 13.1 Å². The zero-order chi connectivity index (χ0) is 12.0. The number of rotatable bonds is 3. The number of hydrogen-bond donors (Lipinski definition) is 1. The summed E-state index contributed by atoms with van der Waals surface area (Å²) in [5, 5.41) is 11.0. The maximum Gasteiger partial charge on any atom is 0.182 e. The topological polar surface area (TPSA) is 48.2 Å². The fraction of sp³-hybridized carbons (Fsp3) is 0.333. The van der Waals surface area contributed by atoms with E-state index in [0.717, 1.165) is 0 Å². The molecule has 0 amide bonds. The van der Waals surface area contributed by atoms with E-state index in [1.165, 1.54) is 6.07 Å². The summed E-state index contributed by atoms with van der Waals surface area (Å²) in [5.41, 5.74) is 0.535. The molecule has 0 saturated carbocycles. The van der Waals surface area contributed by atoms with Crippen molar-refractivity contribution in [2.75, 3.05) is 0 Å². The van der Waals surface area contributed by atoms with Crippen LogP contribution in [-0.4, -0.2) is 5.84 Å². The van der Waals surface area contributed by atoms with Crippen LogP contribution in [0.15, 0.2) is 29.3 Å². The Morgan fingerprint density at radius 1 is 1.56 bits per heavy atom. The molecule has 0 spiro atoms. The predicted octanol–water partition coefficient (Wildman–Crippen LogP) is 2.77. The van der Waals surface area contributed by atoms with Gasteiger partial charge in [0.15, 0.2) is 6.19 Å². The first kappa shape index (κ1) is 12.2. The smallest absolute Gasteiger partial charge is 0.182 e. The standard InChI is InChI=1S/C12H14FN3/c1-3-12(15-8-14)16-9(2)10-6-4-5-7-11(10)13/h4-7,9H,3H2,1-2H3,(H,15,16). The largest absolute Gasteiger partial charge is 0.281 e. The average molecular weight is 219 g/mol. The Hall–Kier alpha value is -1.89. The van der Waals surface area contributed by atoms with Crippen LogP contribution < -0.4 is 5.32 Å². The minimum atomic E-state index is -0.294. The van der Waals surface area contributed by atoms with Gasteiger partial charge in [0.2, 0.25) is 0 Å². The molecule has 0 radical (unpaired) electrons. The van der Waals surface area contributed by atoms with Crippen LogP contribution in [0.2, 0.25) is 0 Å². The third-order valence-corrected chi connectivity index (χ3v) is 2.24. The summed E-state index contributed by atoms with van der Waals surface area (Å²) in [4.78, 5) is 4.26. The SMILES string of the molecule is CCC(=NC(C)c1ccccc1F)NC#N. The second-order valence-electron chi connectivity index (χ2n) is 3.36. The van der Waals surface area contributed by atoms with Crippen molar-refractivity contribution in [2.24, 2.45) is 4.99 Å². The second-order valence-corrected chi connectivity index (χ2v) is 3.36. The maximum atomic E-state index is 13.4. The van der Waals surface area contributed by atoms with Gasteiger partial charge in [0, 0.05) is 12.0 Å². The fourth-order valence-electron chi connectivity index (χ4n) is 1.39. The van der Waals surface area contributed by atoms with Crippen LogP contribution in [0.3, 0.4) is 0 Å². The summed E-state index contributed by atoms with van der Waals surface area (Å²) in [6, 6.07) is 6.22. The lowest BCUT2D eigenvalue weighted by Crippen LogP contribution is -2.17. The molecule has 0 bridgehead atoms. The molecule has 3 nitrogen and oxygen atoms in total. The molecule has 1 unspecified atom stereocenters. The van der Waals surface area contributed by atoms with Gasteiger partial charge in [-0.15, -0.1) is 0 Å². The summed E-state index contributed by atoms with van der Waals surface area (Å²) >= 11 is 0. The van der Waals surface area contributed by atoms with Crippen molar-refractivity contribution in [1.82, 2.24) is 5.32 Å². The van der Waals surface area contributed by atoms with Crippen molar-refractivity contribution < 1.29 is 4.39 Å². The molecule has 0 aliphatic carbocycles. The van der Waals surface area contributed by atoms with Gasteiger partial charge in [-0.1, -0.05) is 25.1 Å². The van der Waals surface area contributed by atoms with Crippen LogP contribution in [0.1, 0.15) is 31.9 Å². The van der Waals surface area contributed by atoms with Gasteiger partial charge >= 0.3 is 0 Å². The lowest BCUT2D eigenvalue weighted by molar-refractivity contribution is 0.593. The molecule has 1 N–H and O–H groups in total. The number of hydrogen-bond acceptors (Lipinski definition) is 2. The molecular weight excluding hydrogens is 205 g/mol. The lowest BCUT2D eigenvalue weighted by atomic mass is 10.1. The van der Waals surface area contributed by atoms with Crippen molar-refractivity contribution in [2.45, 2.75) is 26.3 Å². The molecule has 1 atom stereocenters. The molecule has 84 valence electrons. The summed E-state index contributed by atoms with van der Waals surface area (Å²) in [7, 11) is 0. The van der Waals surface area contributed by atoms with Crippen molar-refractivity contribution >= 4 is 5.84 Å². The Labute approximate surface area is 94.6 Å². The molecule has 1 rings (SSSR count). The predicted molar refractivity (Wildman–Crippen MR) is 61.3 cm³/mol. The summed E-state index contributed by atoms with van der Waals surface area (Å²) in [6.45, 7) is 3.68. The van der Waals surface area contributed by atoms with Crippen LogP contribution in [0, 0.1) is 17.3 Å². The number of nitrogens with one attached hydrogen (secondary N) is 1. The highest BCUT2D eigenvalue weighted by molar-refractivity contribution is 5.83. The van der Waals surface area contributed by atoms with Gasteiger partial charge in [-0.05, 0) is 13.0 Å². The molecule has 0 aromatic heterocycles. The molecule has 1 aromatic carbocycles. The summed E-state index contributed by atoms with van der Waals surface area (Å²) < 4.78 is 13.4. The molecule has 0 aliphatic heterocycles. The molecule has 0 saturated heterocycles. The molecular formula is C12H14FN3. The van der Waals surface area contributed by atoms with Crippen LogP contribution in [-0.2, 0) is 0 Å². The van der Waals surface area contributed by atoms with E-state index >= 15 is 0 Å². The Morgan fingerprint density at radius 2 is 2.25 bits per heavy atom. The Bertz CT molecular complexity index is 421. The number of amidine groups is 1. The van der Waals surface area contributed by atoms with E-state index in [9.17, 15) is 4.39 Å². The Kier molecular flexibility index (Phi) is 4.46. The van der Waals surface area contributed by atoms with Gasteiger partial charge in [0.25, 0.3) is 0 Å². The zero-order valence-electron chi connectivity index (χ0n) is 9.37. The highest BCUT2D eigenvalue weighted by atomic mass is 19.1. The quantitative estimate of drug-likeness (QED) is 0.368. The van der Waals surface area contributed by atoms with Gasteiger partial charge in [-0.25, -0.2) is 4.39 Å². The zero-order valence-corrected chi connectivity index (χ0v) is 9.37. The number of aliphatic imine (C=N–C) groups is 1. The van der Waals surface area contributed by atoms with E-state index in [-0.39, 0.29) is 11.9 Å². The molecule has 0 aliphatic rings. The van der Waals surface area contributed by atoms with E-state index in [2.05, 4.69) is 10.3 Å². The third kappa shape index (κ3) is 3.06. The molecule has 0 heterocycles. The van der Waals surface area contributed by atoms with E-state index in [0.29, 0.717) is 17.8 Å². The van der Waals surface area contributed by atoms with E-state index in [1.54, 1.807) is 25.1 Å². The highest BCUT2D eigenvalue weighted by Crippen LogP contribution is 2.19. The van der Waals surface area contributed by atoms with E-state index < -0.39 is 0 Å². The molecule has 16 heavy (non-hydrogen) atoms. The van der Waals surface area contributed by atoms with Crippen molar-refractivity contribution in [3.63, 3.8) is 0 Å². The minimum Gasteiger partial charge on any atom is -0.281 e. The monoisotopic (exact) mass is 219 g/mol.